The van der Waals surface area contributed by atoms with Crippen LogP contribution in [0.2, 0.25) is 0 Å². The van der Waals surface area contributed by atoms with Gasteiger partial charge in [-0.25, -0.2) is 9.78 Å². The monoisotopic (exact) mass is 353 g/mol. The van der Waals surface area contributed by atoms with E-state index in [1.165, 1.54) is 0 Å². The fourth-order valence-electron chi connectivity index (χ4n) is 3.67. The van der Waals surface area contributed by atoms with Crippen LogP contribution in [0.3, 0.4) is 0 Å². The van der Waals surface area contributed by atoms with Crippen molar-refractivity contribution in [1.29, 1.82) is 0 Å². The molecule has 0 unspecified atom stereocenters. The quantitative estimate of drug-likeness (QED) is 0.756. The van der Waals surface area contributed by atoms with Gasteiger partial charge in [0.2, 0.25) is 5.95 Å². The van der Waals surface area contributed by atoms with Crippen molar-refractivity contribution in [2.24, 2.45) is 7.05 Å². The molecule has 0 radical (unpaired) electrons. The molecule has 0 amide bonds. The molecule has 2 aromatic heterocycles. The zero-order valence-corrected chi connectivity index (χ0v) is 15.0. The van der Waals surface area contributed by atoms with Gasteiger partial charge in [0.15, 0.2) is 5.65 Å². The van der Waals surface area contributed by atoms with Gasteiger partial charge >= 0.3 is 5.69 Å². The maximum Gasteiger partial charge on any atom is 0.330 e. The van der Waals surface area contributed by atoms with Crippen LogP contribution in [-0.4, -0.2) is 30.3 Å². The van der Waals surface area contributed by atoms with Gasteiger partial charge in [0, 0.05) is 18.8 Å². The van der Waals surface area contributed by atoms with Crippen molar-refractivity contribution < 1.29 is 5.11 Å². The first-order chi connectivity index (χ1) is 12.5. The van der Waals surface area contributed by atoms with Crippen LogP contribution in [-0.2, 0) is 7.05 Å². The lowest BCUT2D eigenvalue weighted by Crippen LogP contribution is -2.30. The number of anilines is 2. The Balaban J connectivity index is 1.76. The van der Waals surface area contributed by atoms with Crippen LogP contribution in [0.5, 0.6) is 0 Å². The lowest BCUT2D eigenvalue weighted by atomic mass is 9.93. The van der Waals surface area contributed by atoms with Crippen molar-refractivity contribution in [2.75, 3.05) is 5.32 Å². The first-order valence-corrected chi connectivity index (χ1v) is 8.99. The van der Waals surface area contributed by atoms with E-state index in [0.29, 0.717) is 24.4 Å². The van der Waals surface area contributed by atoms with E-state index >= 15 is 0 Å². The van der Waals surface area contributed by atoms with Gasteiger partial charge in [-0.3, -0.25) is 9.13 Å². The summed E-state index contributed by atoms with van der Waals surface area (Å²) in [7, 11) is 1.75. The maximum atomic E-state index is 12.8. The Morgan fingerprint density at radius 3 is 2.65 bits per heavy atom. The van der Waals surface area contributed by atoms with Gasteiger partial charge in [0.25, 0.3) is 0 Å². The van der Waals surface area contributed by atoms with Crippen molar-refractivity contribution in [3.8, 4) is 0 Å². The topological polar surface area (TPSA) is 85.0 Å². The van der Waals surface area contributed by atoms with E-state index in [0.717, 1.165) is 29.6 Å². The third-order valence-corrected chi connectivity index (χ3v) is 5.26. The molecule has 4 rings (SSSR count). The van der Waals surface area contributed by atoms with Crippen LogP contribution in [0.25, 0.3) is 11.2 Å². The molecule has 7 heteroatoms. The Morgan fingerprint density at radius 1 is 1.19 bits per heavy atom. The summed E-state index contributed by atoms with van der Waals surface area (Å²) in [5.41, 5.74) is 3.32. The number of fused-ring (bicyclic) bond motifs is 1. The Kier molecular flexibility index (Phi) is 4.24. The molecule has 1 aliphatic carbocycles. The van der Waals surface area contributed by atoms with E-state index in [1.54, 1.807) is 22.4 Å². The molecule has 136 valence electrons. The molecule has 2 heterocycles. The molecular formula is C19H23N5O2. The Hall–Kier alpha value is -2.67. The van der Waals surface area contributed by atoms with Crippen molar-refractivity contribution in [1.82, 2.24) is 19.1 Å². The Morgan fingerprint density at radius 2 is 1.92 bits per heavy atom. The predicted octanol–water partition coefficient (Wildman–Crippen LogP) is 2.66. The molecule has 1 aliphatic rings. The highest BCUT2D eigenvalue weighted by Crippen LogP contribution is 2.30. The average Bonchev–Trinajstić information content (AvgIpc) is 2.89. The lowest BCUT2D eigenvalue weighted by molar-refractivity contribution is 0.110. The fourth-order valence-corrected chi connectivity index (χ4v) is 3.67. The molecule has 2 N–H and O–H groups in total. The summed E-state index contributed by atoms with van der Waals surface area (Å²) in [5.74, 6) is 0.474. The van der Waals surface area contributed by atoms with Crippen LogP contribution in [0.15, 0.2) is 35.3 Å². The number of hydrogen-bond donors (Lipinski definition) is 2. The molecule has 7 nitrogen and oxygen atoms in total. The second kappa shape index (κ2) is 6.57. The van der Waals surface area contributed by atoms with Crippen LogP contribution in [0, 0.1) is 6.92 Å². The number of nitrogens with one attached hydrogen (secondary N) is 1. The molecule has 1 saturated carbocycles. The van der Waals surface area contributed by atoms with E-state index in [-0.39, 0.29) is 17.8 Å². The number of hydrogen-bond acceptors (Lipinski definition) is 5. The van der Waals surface area contributed by atoms with Crippen molar-refractivity contribution in [3.63, 3.8) is 0 Å². The summed E-state index contributed by atoms with van der Waals surface area (Å²) in [5, 5.41) is 13.0. The molecule has 0 bridgehead atoms. The zero-order valence-electron chi connectivity index (χ0n) is 15.0. The number of aromatic nitrogens is 4. The summed E-state index contributed by atoms with van der Waals surface area (Å²) in [6.45, 7) is 2.02. The van der Waals surface area contributed by atoms with Gasteiger partial charge in [-0.15, -0.1) is 0 Å². The Labute approximate surface area is 151 Å². The number of rotatable bonds is 3. The number of aliphatic hydroxyl groups is 1. The molecule has 0 atom stereocenters. The van der Waals surface area contributed by atoms with Gasteiger partial charge in [0.1, 0.15) is 5.52 Å². The smallest absolute Gasteiger partial charge is 0.330 e. The van der Waals surface area contributed by atoms with Gasteiger partial charge in [-0.05, 0) is 44.2 Å². The van der Waals surface area contributed by atoms with Crippen molar-refractivity contribution in [2.45, 2.75) is 44.8 Å². The van der Waals surface area contributed by atoms with Crippen molar-refractivity contribution >= 4 is 22.8 Å². The number of para-hydroxylation sites is 1. The van der Waals surface area contributed by atoms with E-state index in [9.17, 15) is 9.90 Å². The van der Waals surface area contributed by atoms with Gasteiger partial charge in [-0.1, -0.05) is 18.2 Å². The molecular weight excluding hydrogens is 330 g/mol. The van der Waals surface area contributed by atoms with E-state index < -0.39 is 0 Å². The number of aliphatic hydroxyl groups excluding tert-OH is 1. The first-order valence-electron chi connectivity index (χ1n) is 8.99. The molecule has 3 aromatic rings. The lowest BCUT2D eigenvalue weighted by Gasteiger charge is -2.26. The summed E-state index contributed by atoms with van der Waals surface area (Å²) in [4.78, 5) is 21.8. The SMILES string of the molecule is Cc1ccccc1Nc1ncc2c(n1)n(C1CCC(O)CC1)c(=O)n2C. The second-order valence-corrected chi connectivity index (χ2v) is 7.02. The minimum Gasteiger partial charge on any atom is -0.393 e. The Bertz CT molecular complexity index is 999. The standard InChI is InChI=1S/C19H23N5O2/c1-12-5-3-4-6-15(12)21-18-20-11-16-17(22-18)24(19(26)23(16)2)13-7-9-14(25)10-8-13/h3-6,11,13-14,25H,7-10H2,1-2H3,(H,20,21,22). The van der Waals surface area contributed by atoms with E-state index in [4.69, 9.17) is 0 Å². The van der Waals surface area contributed by atoms with E-state index in [2.05, 4.69) is 15.3 Å². The first kappa shape index (κ1) is 16.8. The highest BCUT2D eigenvalue weighted by molar-refractivity contribution is 5.73. The van der Waals surface area contributed by atoms with Gasteiger partial charge in [0.05, 0.1) is 12.3 Å². The van der Waals surface area contributed by atoms with Gasteiger partial charge in [-0.2, -0.15) is 4.98 Å². The molecule has 26 heavy (non-hydrogen) atoms. The number of nitrogens with zero attached hydrogens (tertiary/aromatic N) is 4. The minimum absolute atomic E-state index is 0.0656. The number of aryl methyl sites for hydroxylation is 2. The summed E-state index contributed by atoms with van der Waals surface area (Å²) in [6, 6.07) is 8.00. The number of imidazole rings is 1. The highest BCUT2D eigenvalue weighted by Gasteiger charge is 2.25. The summed E-state index contributed by atoms with van der Waals surface area (Å²) >= 11 is 0. The largest absolute Gasteiger partial charge is 0.393 e. The average molecular weight is 353 g/mol. The molecule has 1 fully saturated rings. The molecule has 0 saturated heterocycles. The maximum absolute atomic E-state index is 12.8. The van der Waals surface area contributed by atoms with Crippen molar-refractivity contribution in [3.05, 3.63) is 46.5 Å². The fraction of sp³-hybridized carbons (Fsp3) is 0.421. The molecule has 0 spiro atoms. The zero-order chi connectivity index (χ0) is 18.3. The van der Waals surface area contributed by atoms with Crippen LogP contribution >= 0.6 is 0 Å². The normalized spacial score (nSPS) is 20.4. The predicted molar refractivity (Wildman–Crippen MR) is 101 cm³/mol. The van der Waals surface area contributed by atoms with Crippen LogP contribution in [0.4, 0.5) is 11.6 Å². The van der Waals surface area contributed by atoms with Crippen LogP contribution < -0.4 is 11.0 Å². The molecule has 0 aliphatic heterocycles. The number of benzene rings is 1. The third kappa shape index (κ3) is 2.88. The van der Waals surface area contributed by atoms with Gasteiger partial charge < -0.3 is 10.4 Å². The van der Waals surface area contributed by atoms with Crippen LogP contribution in [0.1, 0.15) is 37.3 Å². The summed E-state index contributed by atoms with van der Waals surface area (Å²) < 4.78 is 3.36. The highest BCUT2D eigenvalue weighted by atomic mass is 16.3. The molecule has 1 aromatic carbocycles. The minimum atomic E-state index is -0.259. The third-order valence-electron chi connectivity index (χ3n) is 5.26. The second-order valence-electron chi connectivity index (χ2n) is 7.02. The summed E-state index contributed by atoms with van der Waals surface area (Å²) in [6.07, 6.45) is 4.43. The van der Waals surface area contributed by atoms with E-state index in [1.807, 2.05) is 31.2 Å².